The molecule has 4 N–H and O–H groups in total. The fourth-order valence-electron chi connectivity index (χ4n) is 3.19. The van der Waals surface area contributed by atoms with Crippen LogP contribution < -0.4 is 25.8 Å². The van der Waals surface area contributed by atoms with E-state index >= 15 is 0 Å². The average molecular weight is 450 g/mol. The number of nitrogens with zero attached hydrogens (tertiary/aromatic N) is 2. The lowest BCUT2D eigenvalue weighted by atomic mass is 10.1. The van der Waals surface area contributed by atoms with Crippen molar-refractivity contribution in [3.8, 4) is 11.5 Å². The maximum absolute atomic E-state index is 12.6. The summed E-state index contributed by atoms with van der Waals surface area (Å²) in [4.78, 5) is 31.5. The van der Waals surface area contributed by atoms with Crippen molar-refractivity contribution in [1.29, 1.82) is 0 Å². The molecule has 170 valence electrons. The molecule has 31 heavy (non-hydrogen) atoms. The molecule has 0 aliphatic heterocycles. The van der Waals surface area contributed by atoms with E-state index in [9.17, 15) is 9.59 Å². The first-order chi connectivity index (χ1) is 14.7. The monoisotopic (exact) mass is 449 g/mol. The highest BCUT2D eigenvalue weighted by atomic mass is 32.1. The molecule has 1 aromatic carbocycles. The number of thiazole rings is 1. The van der Waals surface area contributed by atoms with E-state index in [2.05, 4.69) is 48.2 Å². The minimum atomic E-state index is -0.454. The Bertz CT molecular complexity index is 905. The molecule has 0 saturated heterocycles. The largest absolute Gasteiger partial charge is 0.493 e. The smallest absolute Gasteiger partial charge is 0.270 e. The predicted octanol–water partition coefficient (Wildman–Crippen LogP) is 2.84. The van der Waals surface area contributed by atoms with Gasteiger partial charge in [-0.2, -0.15) is 0 Å². The van der Waals surface area contributed by atoms with Gasteiger partial charge in [-0.25, -0.2) is 4.98 Å². The molecule has 1 heterocycles. The topological polar surface area (TPSA) is 119 Å². The Morgan fingerprint density at radius 3 is 2.29 bits per heavy atom. The summed E-state index contributed by atoms with van der Waals surface area (Å²) in [5.41, 5.74) is 6.68. The van der Waals surface area contributed by atoms with Gasteiger partial charge in [-0.3, -0.25) is 19.8 Å². The number of nitrogens with one attached hydrogen (secondary N) is 2. The number of nitrogen functional groups attached to an aromatic ring is 1. The number of rotatable bonds is 10. The van der Waals surface area contributed by atoms with Crippen LogP contribution in [0.15, 0.2) is 17.5 Å². The molecular formula is C21H31N5O4S. The molecule has 0 aliphatic carbocycles. The molecule has 0 radical (unpaired) electrons. The van der Waals surface area contributed by atoms with Crippen LogP contribution in [0.1, 0.15) is 48.5 Å². The van der Waals surface area contributed by atoms with Crippen molar-refractivity contribution in [1.82, 2.24) is 15.2 Å². The standard InChI is InChI=1S/C21H31N5O4S/c1-12(2)26(13(3)4)8-7-23-20(28)16-11-31-21(24-16)25-19(27)14-9-17(29-5)18(30-6)10-15(14)22/h9-13H,7-8,22H2,1-6H3,(H,23,28)(H,24,25,27). The minimum Gasteiger partial charge on any atom is -0.493 e. The average Bonchev–Trinajstić information content (AvgIpc) is 3.18. The number of carbonyl (C=O) groups excluding carboxylic acids is 2. The molecule has 9 nitrogen and oxygen atoms in total. The van der Waals surface area contributed by atoms with E-state index in [1.165, 1.54) is 26.4 Å². The van der Waals surface area contributed by atoms with Crippen molar-refractivity contribution in [2.45, 2.75) is 39.8 Å². The van der Waals surface area contributed by atoms with Crippen molar-refractivity contribution in [3.05, 3.63) is 28.8 Å². The van der Waals surface area contributed by atoms with E-state index in [0.29, 0.717) is 35.3 Å². The maximum atomic E-state index is 12.6. The SMILES string of the molecule is COc1cc(N)c(C(=O)Nc2nc(C(=O)NCCN(C(C)C)C(C)C)cs2)cc1OC. The second-order valence-corrected chi connectivity index (χ2v) is 8.33. The fraction of sp³-hybridized carbons (Fsp3) is 0.476. The molecule has 10 heteroatoms. The number of aromatic nitrogens is 1. The van der Waals surface area contributed by atoms with E-state index in [0.717, 1.165) is 17.9 Å². The van der Waals surface area contributed by atoms with Gasteiger partial charge in [0.15, 0.2) is 16.6 Å². The first kappa shape index (κ1) is 24.4. The number of ether oxygens (including phenoxy) is 2. The van der Waals surface area contributed by atoms with Crippen molar-refractivity contribution >= 4 is 34.0 Å². The molecule has 0 saturated carbocycles. The second-order valence-electron chi connectivity index (χ2n) is 7.47. The zero-order valence-corrected chi connectivity index (χ0v) is 19.6. The number of anilines is 2. The second kappa shape index (κ2) is 11.0. The van der Waals surface area contributed by atoms with Crippen molar-refractivity contribution in [2.24, 2.45) is 0 Å². The number of methoxy groups -OCH3 is 2. The number of nitrogens with two attached hydrogens (primary N) is 1. The van der Waals surface area contributed by atoms with Crippen molar-refractivity contribution < 1.29 is 19.1 Å². The molecule has 0 bridgehead atoms. The van der Waals surface area contributed by atoms with Crippen LogP contribution in [-0.4, -0.2) is 61.1 Å². The van der Waals surface area contributed by atoms with Gasteiger partial charge in [-0.05, 0) is 33.8 Å². The molecular weight excluding hydrogens is 418 g/mol. The van der Waals surface area contributed by atoms with Crippen LogP contribution in [0.25, 0.3) is 0 Å². The summed E-state index contributed by atoms with van der Waals surface area (Å²) in [6, 6.07) is 3.80. The predicted molar refractivity (Wildman–Crippen MR) is 123 cm³/mol. The fourth-order valence-corrected chi connectivity index (χ4v) is 3.88. The molecule has 0 spiro atoms. The van der Waals surface area contributed by atoms with E-state index in [4.69, 9.17) is 15.2 Å². The van der Waals surface area contributed by atoms with Gasteiger partial charge in [-0.15, -0.1) is 11.3 Å². The highest BCUT2D eigenvalue weighted by molar-refractivity contribution is 7.14. The van der Waals surface area contributed by atoms with Crippen LogP contribution in [0.4, 0.5) is 10.8 Å². The highest BCUT2D eigenvalue weighted by Crippen LogP contribution is 2.32. The summed E-state index contributed by atoms with van der Waals surface area (Å²) >= 11 is 1.16. The van der Waals surface area contributed by atoms with E-state index in [-0.39, 0.29) is 22.9 Å². The van der Waals surface area contributed by atoms with Gasteiger partial charge in [-0.1, -0.05) is 0 Å². The minimum absolute atomic E-state index is 0.223. The third-order valence-corrected chi connectivity index (χ3v) is 5.50. The van der Waals surface area contributed by atoms with Crippen LogP contribution in [0.5, 0.6) is 11.5 Å². The normalized spacial score (nSPS) is 11.1. The molecule has 1 aromatic heterocycles. The Kier molecular flexibility index (Phi) is 8.64. The quantitative estimate of drug-likeness (QED) is 0.477. The lowest BCUT2D eigenvalue weighted by Gasteiger charge is -2.30. The Labute approximate surface area is 186 Å². The lowest BCUT2D eigenvalue weighted by molar-refractivity contribution is 0.0934. The summed E-state index contributed by atoms with van der Waals surface area (Å²) < 4.78 is 10.4. The Hall–Kier alpha value is -2.85. The Morgan fingerprint density at radius 1 is 1.10 bits per heavy atom. The summed E-state index contributed by atoms with van der Waals surface area (Å²) in [5.74, 6) is 0.0789. The summed E-state index contributed by atoms with van der Waals surface area (Å²) in [6.45, 7) is 9.76. The summed E-state index contributed by atoms with van der Waals surface area (Å²) in [5, 5.41) is 7.45. The first-order valence-corrected chi connectivity index (χ1v) is 10.9. The lowest BCUT2D eigenvalue weighted by Crippen LogP contribution is -2.42. The number of hydrogen-bond acceptors (Lipinski definition) is 8. The van der Waals surface area contributed by atoms with Crippen molar-refractivity contribution in [3.63, 3.8) is 0 Å². The first-order valence-electron chi connectivity index (χ1n) is 10.00. The van der Waals surface area contributed by atoms with Gasteiger partial charge >= 0.3 is 0 Å². The van der Waals surface area contributed by atoms with Gasteiger partial charge in [0.25, 0.3) is 11.8 Å². The zero-order chi connectivity index (χ0) is 23.1. The maximum Gasteiger partial charge on any atom is 0.270 e. The third-order valence-electron chi connectivity index (χ3n) is 4.74. The van der Waals surface area contributed by atoms with E-state index in [1.807, 2.05) is 0 Å². The van der Waals surface area contributed by atoms with Crippen LogP contribution in [-0.2, 0) is 0 Å². The van der Waals surface area contributed by atoms with Crippen LogP contribution in [0.2, 0.25) is 0 Å². The summed E-state index contributed by atoms with van der Waals surface area (Å²) in [7, 11) is 2.96. The zero-order valence-electron chi connectivity index (χ0n) is 18.8. The van der Waals surface area contributed by atoms with Gasteiger partial charge < -0.3 is 20.5 Å². The third kappa shape index (κ3) is 6.31. The van der Waals surface area contributed by atoms with E-state index in [1.54, 1.807) is 5.38 Å². The van der Waals surface area contributed by atoms with Gasteiger partial charge in [0.1, 0.15) is 5.69 Å². The Balaban J connectivity index is 2.00. The molecule has 2 aromatic rings. The molecule has 0 unspecified atom stereocenters. The van der Waals surface area contributed by atoms with Gasteiger partial charge in [0.05, 0.1) is 19.8 Å². The Morgan fingerprint density at radius 2 is 1.71 bits per heavy atom. The molecule has 0 atom stereocenters. The van der Waals surface area contributed by atoms with Gasteiger partial charge in [0.2, 0.25) is 0 Å². The van der Waals surface area contributed by atoms with E-state index < -0.39 is 5.91 Å². The summed E-state index contributed by atoms with van der Waals surface area (Å²) in [6.07, 6.45) is 0. The van der Waals surface area contributed by atoms with Gasteiger partial charge in [0, 0.05) is 42.3 Å². The molecule has 2 amide bonds. The number of benzene rings is 1. The molecule has 0 fully saturated rings. The van der Waals surface area contributed by atoms with Crippen molar-refractivity contribution in [2.75, 3.05) is 38.4 Å². The molecule has 2 rings (SSSR count). The van der Waals surface area contributed by atoms with Crippen LogP contribution >= 0.6 is 11.3 Å². The number of amides is 2. The number of carbonyl (C=O) groups is 2. The van der Waals surface area contributed by atoms with Crippen LogP contribution in [0.3, 0.4) is 0 Å². The highest BCUT2D eigenvalue weighted by Gasteiger charge is 2.18. The molecule has 0 aliphatic rings. The van der Waals surface area contributed by atoms with Crippen LogP contribution in [0, 0.1) is 0 Å². The number of hydrogen-bond donors (Lipinski definition) is 3.